The Hall–Kier alpha value is -1.61. The SMILES string of the molecule is NC(=NO)C(NS(=O)(=O)c1ccn[nH]1)C1CCCCC1. The van der Waals surface area contributed by atoms with Gasteiger partial charge in [0.2, 0.25) is 0 Å². The van der Waals surface area contributed by atoms with Crippen LogP contribution in [0.25, 0.3) is 0 Å². The summed E-state index contributed by atoms with van der Waals surface area (Å²) in [5.74, 6) is -0.0719. The number of oxime groups is 1. The molecule has 1 aromatic heterocycles. The third-order valence-electron chi connectivity index (χ3n) is 3.60. The van der Waals surface area contributed by atoms with Crippen LogP contribution in [0.15, 0.2) is 22.4 Å². The highest BCUT2D eigenvalue weighted by molar-refractivity contribution is 7.89. The summed E-state index contributed by atoms with van der Waals surface area (Å²) in [4.78, 5) is 0. The van der Waals surface area contributed by atoms with Gasteiger partial charge in [0.25, 0.3) is 10.0 Å². The average Bonchev–Trinajstić information content (AvgIpc) is 3.00. The molecule has 0 radical (unpaired) electrons. The van der Waals surface area contributed by atoms with E-state index in [1.807, 2.05) is 0 Å². The van der Waals surface area contributed by atoms with Gasteiger partial charge >= 0.3 is 0 Å². The number of hydrogen-bond acceptors (Lipinski definition) is 5. The largest absolute Gasteiger partial charge is 0.409 e. The Morgan fingerprint density at radius 2 is 2.20 bits per heavy atom. The maximum atomic E-state index is 12.2. The monoisotopic (exact) mass is 301 g/mol. The van der Waals surface area contributed by atoms with Gasteiger partial charge in [0.15, 0.2) is 10.9 Å². The lowest BCUT2D eigenvalue weighted by Crippen LogP contribution is -2.49. The molecule has 8 nitrogen and oxygen atoms in total. The highest BCUT2D eigenvalue weighted by atomic mass is 32.2. The summed E-state index contributed by atoms with van der Waals surface area (Å²) in [5.41, 5.74) is 5.66. The molecular formula is C11H19N5O3S. The zero-order valence-electron chi connectivity index (χ0n) is 11.0. The van der Waals surface area contributed by atoms with Crippen molar-refractivity contribution in [1.82, 2.24) is 14.9 Å². The van der Waals surface area contributed by atoms with Crippen LogP contribution in [-0.4, -0.2) is 35.7 Å². The van der Waals surface area contributed by atoms with Gasteiger partial charge in [-0.1, -0.05) is 24.4 Å². The lowest BCUT2D eigenvalue weighted by Gasteiger charge is -2.29. The Kier molecular flexibility index (Phi) is 4.61. The molecule has 0 saturated heterocycles. The maximum Gasteiger partial charge on any atom is 0.258 e. The van der Waals surface area contributed by atoms with Crippen LogP contribution >= 0.6 is 0 Å². The molecule has 1 aliphatic carbocycles. The molecular weight excluding hydrogens is 282 g/mol. The van der Waals surface area contributed by atoms with Gasteiger partial charge in [0, 0.05) is 0 Å². The Morgan fingerprint density at radius 3 is 2.75 bits per heavy atom. The van der Waals surface area contributed by atoms with Crippen molar-refractivity contribution in [3.8, 4) is 0 Å². The fraction of sp³-hybridized carbons (Fsp3) is 0.636. The smallest absolute Gasteiger partial charge is 0.258 e. The van der Waals surface area contributed by atoms with Crippen LogP contribution in [0.5, 0.6) is 0 Å². The van der Waals surface area contributed by atoms with Crippen molar-refractivity contribution in [1.29, 1.82) is 0 Å². The molecule has 1 heterocycles. The number of amidine groups is 1. The van der Waals surface area contributed by atoms with Crippen molar-refractivity contribution in [2.75, 3.05) is 0 Å². The van der Waals surface area contributed by atoms with Crippen LogP contribution in [0.1, 0.15) is 32.1 Å². The zero-order chi connectivity index (χ0) is 14.6. The van der Waals surface area contributed by atoms with Crippen LogP contribution < -0.4 is 10.5 Å². The van der Waals surface area contributed by atoms with E-state index in [4.69, 9.17) is 10.9 Å². The van der Waals surface area contributed by atoms with Crippen LogP contribution in [0, 0.1) is 5.92 Å². The van der Waals surface area contributed by atoms with Crippen molar-refractivity contribution < 1.29 is 13.6 Å². The fourth-order valence-electron chi connectivity index (χ4n) is 2.55. The summed E-state index contributed by atoms with van der Waals surface area (Å²) < 4.78 is 26.9. The number of nitrogens with zero attached hydrogens (tertiary/aromatic N) is 2. The normalized spacial score (nSPS) is 19.9. The minimum atomic E-state index is -3.76. The zero-order valence-corrected chi connectivity index (χ0v) is 11.8. The van der Waals surface area contributed by atoms with E-state index in [1.54, 1.807) is 0 Å². The van der Waals surface area contributed by atoms with Gasteiger partial charge in [-0.2, -0.15) is 9.82 Å². The molecule has 1 aromatic rings. The Labute approximate surface area is 117 Å². The molecule has 112 valence electrons. The Balaban J connectivity index is 2.20. The minimum absolute atomic E-state index is 0.0379. The summed E-state index contributed by atoms with van der Waals surface area (Å²) in [5, 5.41) is 17.8. The maximum absolute atomic E-state index is 12.2. The highest BCUT2D eigenvalue weighted by Crippen LogP contribution is 2.27. The van der Waals surface area contributed by atoms with E-state index < -0.39 is 16.1 Å². The third kappa shape index (κ3) is 3.28. The first-order valence-electron chi connectivity index (χ1n) is 6.53. The molecule has 0 spiro atoms. The number of H-pyrrole nitrogens is 1. The van der Waals surface area contributed by atoms with Gasteiger partial charge in [0.1, 0.15) is 0 Å². The van der Waals surface area contributed by atoms with Crippen molar-refractivity contribution in [3.63, 3.8) is 0 Å². The summed E-state index contributed by atoms with van der Waals surface area (Å²) >= 11 is 0. The van der Waals surface area contributed by atoms with Crippen molar-refractivity contribution in [2.24, 2.45) is 16.8 Å². The molecule has 1 atom stereocenters. The predicted octanol–water partition coefficient (Wildman–Crippen LogP) is 0.383. The van der Waals surface area contributed by atoms with Crippen molar-refractivity contribution in [2.45, 2.75) is 43.2 Å². The van der Waals surface area contributed by atoms with Crippen LogP contribution in [0.4, 0.5) is 0 Å². The van der Waals surface area contributed by atoms with E-state index in [0.29, 0.717) is 0 Å². The summed E-state index contributed by atoms with van der Waals surface area (Å²) in [7, 11) is -3.76. The van der Waals surface area contributed by atoms with E-state index >= 15 is 0 Å². The molecule has 20 heavy (non-hydrogen) atoms. The van der Waals surface area contributed by atoms with E-state index in [0.717, 1.165) is 32.1 Å². The Morgan fingerprint density at radius 1 is 1.50 bits per heavy atom. The quantitative estimate of drug-likeness (QED) is 0.270. The van der Waals surface area contributed by atoms with Gasteiger partial charge in [-0.25, -0.2) is 8.42 Å². The van der Waals surface area contributed by atoms with E-state index in [2.05, 4.69) is 20.1 Å². The number of hydrogen-bond donors (Lipinski definition) is 4. The van der Waals surface area contributed by atoms with Crippen LogP contribution in [0.3, 0.4) is 0 Å². The number of sulfonamides is 1. The van der Waals surface area contributed by atoms with Crippen LogP contribution in [0.2, 0.25) is 0 Å². The van der Waals surface area contributed by atoms with Crippen molar-refractivity contribution in [3.05, 3.63) is 12.3 Å². The van der Waals surface area contributed by atoms with Gasteiger partial charge in [0.05, 0.1) is 12.2 Å². The van der Waals surface area contributed by atoms with E-state index in [9.17, 15) is 8.42 Å². The number of aromatic amines is 1. The predicted molar refractivity (Wildman–Crippen MR) is 72.7 cm³/mol. The molecule has 0 aromatic carbocycles. The average molecular weight is 301 g/mol. The second-order valence-electron chi connectivity index (χ2n) is 4.94. The molecule has 0 aliphatic heterocycles. The second kappa shape index (κ2) is 6.23. The van der Waals surface area contributed by atoms with Crippen LogP contribution in [-0.2, 0) is 10.0 Å². The first-order valence-corrected chi connectivity index (χ1v) is 8.02. The first kappa shape index (κ1) is 14.8. The molecule has 9 heteroatoms. The topological polar surface area (TPSA) is 133 Å². The van der Waals surface area contributed by atoms with Gasteiger partial charge in [-0.15, -0.1) is 0 Å². The standard InChI is InChI=1S/C11H19N5O3S/c12-11(15-17)10(8-4-2-1-3-5-8)16-20(18,19)9-6-7-13-14-9/h6-8,10,16-17H,1-5H2,(H2,12,15)(H,13,14). The summed E-state index contributed by atoms with van der Waals surface area (Å²) in [6, 6.07) is 0.653. The number of nitrogens with two attached hydrogens (primary N) is 1. The highest BCUT2D eigenvalue weighted by Gasteiger charge is 2.31. The van der Waals surface area contributed by atoms with Gasteiger partial charge < -0.3 is 10.9 Å². The van der Waals surface area contributed by atoms with Gasteiger partial charge in [-0.05, 0) is 24.8 Å². The summed E-state index contributed by atoms with van der Waals surface area (Å²) in [6.07, 6.45) is 6.23. The molecule has 0 bridgehead atoms. The van der Waals surface area contributed by atoms with E-state index in [-0.39, 0.29) is 16.8 Å². The first-order chi connectivity index (χ1) is 9.54. The Bertz CT molecular complexity index is 549. The van der Waals surface area contributed by atoms with E-state index in [1.165, 1.54) is 12.3 Å². The molecule has 1 aliphatic rings. The second-order valence-corrected chi connectivity index (χ2v) is 6.63. The lowest BCUT2D eigenvalue weighted by molar-refractivity contribution is 0.297. The summed E-state index contributed by atoms with van der Waals surface area (Å²) in [6.45, 7) is 0. The lowest BCUT2D eigenvalue weighted by atomic mass is 9.84. The number of rotatable bonds is 5. The number of nitrogens with one attached hydrogen (secondary N) is 2. The molecule has 1 unspecified atom stereocenters. The molecule has 5 N–H and O–H groups in total. The third-order valence-corrected chi connectivity index (χ3v) is 4.97. The number of aromatic nitrogens is 2. The molecule has 2 rings (SSSR count). The van der Waals surface area contributed by atoms with Crippen molar-refractivity contribution >= 4 is 15.9 Å². The minimum Gasteiger partial charge on any atom is -0.409 e. The van der Waals surface area contributed by atoms with Gasteiger partial charge in [-0.3, -0.25) is 5.10 Å². The fourth-order valence-corrected chi connectivity index (χ4v) is 3.74. The molecule has 1 fully saturated rings. The molecule has 1 saturated carbocycles. The molecule has 0 amide bonds.